The number of benzene rings is 1. The Bertz CT molecular complexity index is 705. The van der Waals surface area contributed by atoms with Gasteiger partial charge in [0.1, 0.15) is 11.4 Å². The van der Waals surface area contributed by atoms with Crippen molar-refractivity contribution in [1.29, 1.82) is 0 Å². The number of nitrogens with zero attached hydrogens (tertiary/aromatic N) is 2. The highest BCUT2D eigenvalue weighted by atomic mass is 32.2. The number of nitro groups is 1. The van der Waals surface area contributed by atoms with Gasteiger partial charge in [-0.05, 0) is 24.3 Å². The molecule has 0 aliphatic rings. The Hall–Kier alpha value is -2.61. The van der Waals surface area contributed by atoms with Gasteiger partial charge in [-0.2, -0.15) is 0 Å². The van der Waals surface area contributed by atoms with Crippen LogP contribution in [0.15, 0.2) is 46.3 Å². The van der Waals surface area contributed by atoms with Gasteiger partial charge in [0.15, 0.2) is 5.03 Å². The van der Waals surface area contributed by atoms with E-state index in [0.29, 0.717) is 10.6 Å². The second kappa shape index (κ2) is 6.23. The predicted molar refractivity (Wildman–Crippen MR) is 75.0 cm³/mol. The summed E-state index contributed by atoms with van der Waals surface area (Å²) < 4.78 is 5.07. The molecule has 0 radical (unpaired) electrons. The third-order valence-electron chi connectivity index (χ3n) is 2.51. The molecule has 0 saturated carbocycles. The highest BCUT2D eigenvalue weighted by Crippen LogP contribution is 2.34. The van der Waals surface area contributed by atoms with Crippen molar-refractivity contribution in [3.8, 4) is 5.75 Å². The molecule has 0 bridgehead atoms. The Morgan fingerprint density at radius 2 is 2.14 bits per heavy atom. The third-order valence-corrected chi connectivity index (χ3v) is 3.50. The Morgan fingerprint density at radius 1 is 1.38 bits per heavy atom. The molecule has 1 aromatic heterocycles. The molecule has 0 atom stereocenters. The maximum Gasteiger partial charge on any atom is 0.354 e. The summed E-state index contributed by atoms with van der Waals surface area (Å²) >= 11 is 1.01. The molecule has 0 unspecified atom stereocenters. The predicted octanol–water partition coefficient (Wildman–Crippen LogP) is 2.85. The van der Waals surface area contributed by atoms with Gasteiger partial charge in [-0.25, -0.2) is 9.78 Å². The van der Waals surface area contributed by atoms with E-state index in [1.165, 1.54) is 7.11 Å². The van der Waals surface area contributed by atoms with Crippen LogP contribution in [-0.4, -0.2) is 28.1 Å². The lowest BCUT2D eigenvalue weighted by Crippen LogP contribution is -2.03. The average Bonchev–Trinajstić information content (AvgIpc) is 2.47. The molecule has 108 valence electrons. The minimum absolute atomic E-state index is 0.0214. The van der Waals surface area contributed by atoms with Crippen LogP contribution >= 0.6 is 11.8 Å². The lowest BCUT2D eigenvalue weighted by molar-refractivity contribution is -0.388. The largest absolute Gasteiger partial charge is 0.497 e. The van der Waals surface area contributed by atoms with Crippen LogP contribution < -0.4 is 4.74 Å². The van der Waals surface area contributed by atoms with Gasteiger partial charge in [0, 0.05) is 11.0 Å². The molecule has 0 fully saturated rings. The van der Waals surface area contributed by atoms with E-state index in [1.807, 2.05) is 0 Å². The number of pyridine rings is 1. The average molecular weight is 306 g/mol. The minimum atomic E-state index is -1.24. The van der Waals surface area contributed by atoms with Gasteiger partial charge in [-0.3, -0.25) is 10.1 Å². The van der Waals surface area contributed by atoms with Crippen molar-refractivity contribution in [2.45, 2.75) is 9.92 Å². The topological polar surface area (TPSA) is 103 Å². The highest BCUT2D eigenvalue weighted by Gasteiger charge is 2.19. The Balaban J connectivity index is 2.42. The van der Waals surface area contributed by atoms with Crippen LogP contribution in [0.4, 0.5) is 5.69 Å². The second-order valence-corrected chi connectivity index (χ2v) is 4.93. The summed E-state index contributed by atoms with van der Waals surface area (Å²) in [4.78, 5) is 25.8. The van der Waals surface area contributed by atoms with Gasteiger partial charge in [0.2, 0.25) is 0 Å². The van der Waals surface area contributed by atoms with E-state index in [0.717, 1.165) is 23.9 Å². The van der Waals surface area contributed by atoms with E-state index in [-0.39, 0.29) is 16.4 Å². The van der Waals surface area contributed by atoms with Gasteiger partial charge in [0.05, 0.1) is 12.0 Å². The summed E-state index contributed by atoms with van der Waals surface area (Å²) in [7, 11) is 1.51. The molecule has 1 heterocycles. The number of carbonyl (C=O) groups is 1. The smallest absolute Gasteiger partial charge is 0.354 e. The van der Waals surface area contributed by atoms with Gasteiger partial charge in [-0.1, -0.05) is 17.8 Å². The van der Waals surface area contributed by atoms with Gasteiger partial charge in [0.25, 0.3) is 0 Å². The molecule has 2 rings (SSSR count). The number of aromatic carboxylic acids is 1. The first-order valence-corrected chi connectivity index (χ1v) is 6.53. The molecule has 0 aliphatic heterocycles. The van der Waals surface area contributed by atoms with Gasteiger partial charge >= 0.3 is 11.7 Å². The SMILES string of the molecule is COc1cccc(Sc2nc(C(=O)O)ccc2[N+](=O)[O-])c1. The fraction of sp³-hybridized carbons (Fsp3) is 0.0769. The number of hydrogen-bond donors (Lipinski definition) is 1. The zero-order valence-electron chi connectivity index (χ0n) is 10.8. The molecular weight excluding hydrogens is 296 g/mol. The van der Waals surface area contributed by atoms with E-state index in [4.69, 9.17) is 9.84 Å². The number of rotatable bonds is 5. The maximum absolute atomic E-state index is 11.0. The number of ether oxygens (including phenoxy) is 1. The molecular formula is C13H10N2O5S. The summed E-state index contributed by atoms with van der Waals surface area (Å²) in [5.41, 5.74) is -0.487. The van der Waals surface area contributed by atoms with E-state index in [2.05, 4.69) is 4.98 Å². The fourth-order valence-corrected chi connectivity index (χ4v) is 2.48. The zero-order valence-corrected chi connectivity index (χ0v) is 11.7. The number of aromatic nitrogens is 1. The van der Waals surface area contributed by atoms with Crippen molar-refractivity contribution in [2.24, 2.45) is 0 Å². The third kappa shape index (κ3) is 3.48. The molecule has 8 heteroatoms. The van der Waals surface area contributed by atoms with Crippen LogP contribution in [0.5, 0.6) is 5.75 Å². The standard InChI is InChI=1S/C13H10N2O5S/c1-20-8-3-2-4-9(7-8)21-12-11(15(18)19)6-5-10(14-12)13(16)17/h2-7H,1H3,(H,16,17). The minimum Gasteiger partial charge on any atom is -0.497 e. The molecule has 21 heavy (non-hydrogen) atoms. The molecule has 1 N–H and O–H groups in total. The first-order valence-electron chi connectivity index (χ1n) is 5.72. The molecule has 0 aliphatic carbocycles. The van der Waals surface area contributed by atoms with Gasteiger partial charge < -0.3 is 9.84 Å². The number of carboxylic acid groups (broad SMARTS) is 1. The Labute approximate surface area is 123 Å². The molecule has 7 nitrogen and oxygen atoms in total. The van der Waals surface area contributed by atoms with Crippen LogP contribution in [0.25, 0.3) is 0 Å². The summed E-state index contributed by atoms with van der Waals surface area (Å²) in [5, 5.41) is 19.9. The summed E-state index contributed by atoms with van der Waals surface area (Å²) in [6.45, 7) is 0. The van der Waals surface area contributed by atoms with E-state index in [1.54, 1.807) is 24.3 Å². The van der Waals surface area contributed by atoms with Crippen molar-refractivity contribution in [3.05, 3.63) is 52.2 Å². The van der Waals surface area contributed by atoms with Crippen molar-refractivity contribution < 1.29 is 19.6 Å². The quantitative estimate of drug-likeness (QED) is 0.669. The maximum atomic E-state index is 11.0. The summed E-state index contributed by atoms with van der Waals surface area (Å²) in [6, 6.07) is 9.12. The first kappa shape index (κ1) is 14.8. The first-order chi connectivity index (χ1) is 10.0. The Morgan fingerprint density at radius 3 is 2.76 bits per heavy atom. The summed E-state index contributed by atoms with van der Waals surface area (Å²) in [6.07, 6.45) is 0. The molecule has 2 aromatic rings. The second-order valence-electron chi connectivity index (χ2n) is 3.86. The number of carboxylic acids is 1. The lowest BCUT2D eigenvalue weighted by Gasteiger charge is -2.05. The molecule has 0 amide bonds. The lowest BCUT2D eigenvalue weighted by atomic mass is 10.3. The highest BCUT2D eigenvalue weighted by molar-refractivity contribution is 7.99. The fourth-order valence-electron chi connectivity index (χ4n) is 1.54. The van der Waals surface area contributed by atoms with Crippen molar-refractivity contribution in [2.75, 3.05) is 7.11 Å². The van der Waals surface area contributed by atoms with Crippen molar-refractivity contribution in [3.63, 3.8) is 0 Å². The molecule has 1 aromatic carbocycles. The van der Waals surface area contributed by atoms with Crippen molar-refractivity contribution in [1.82, 2.24) is 4.98 Å². The number of hydrogen-bond acceptors (Lipinski definition) is 6. The zero-order chi connectivity index (χ0) is 15.4. The van der Waals surface area contributed by atoms with E-state index >= 15 is 0 Å². The monoisotopic (exact) mass is 306 g/mol. The van der Waals surface area contributed by atoms with Crippen LogP contribution in [0, 0.1) is 10.1 Å². The Kier molecular flexibility index (Phi) is 4.39. The van der Waals surface area contributed by atoms with Crippen molar-refractivity contribution >= 4 is 23.4 Å². The number of methoxy groups -OCH3 is 1. The van der Waals surface area contributed by atoms with Crippen LogP contribution in [-0.2, 0) is 0 Å². The normalized spacial score (nSPS) is 10.1. The van der Waals surface area contributed by atoms with Crippen LogP contribution in [0.2, 0.25) is 0 Å². The molecule has 0 spiro atoms. The van der Waals surface area contributed by atoms with E-state index < -0.39 is 10.9 Å². The summed E-state index contributed by atoms with van der Waals surface area (Å²) in [5.74, 6) is -0.644. The van der Waals surface area contributed by atoms with Crippen LogP contribution in [0.3, 0.4) is 0 Å². The van der Waals surface area contributed by atoms with Gasteiger partial charge in [-0.15, -0.1) is 0 Å². The van der Waals surface area contributed by atoms with Crippen LogP contribution in [0.1, 0.15) is 10.5 Å². The molecule has 0 saturated heterocycles. The van der Waals surface area contributed by atoms with E-state index in [9.17, 15) is 14.9 Å².